The maximum atomic E-state index is 12.6. The molecule has 2 aromatic rings. The Hall–Kier alpha value is -1.79. The topological polar surface area (TPSA) is 58.1 Å². The van der Waals surface area contributed by atoms with Gasteiger partial charge in [0.05, 0.1) is 17.8 Å². The van der Waals surface area contributed by atoms with Gasteiger partial charge in [0.2, 0.25) is 5.91 Å². The van der Waals surface area contributed by atoms with Gasteiger partial charge in [0, 0.05) is 23.7 Å². The van der Waals surface area contributed by atoms with Crippen LogP contribution in [0.15, 0.2) is 29.8 Å². The van der Waals surface area contributed by atoms with Gasteiger partial charge in [0.25, 0.3) is 0 Å². The number of nitrogens with one attached hydrogen (secondary N) is 1. The SMILES string of the molecule is O=C(Cc1csc(-c2ccccn2)n1)NCC1(N2CCCCC2)CCCCC1. The minimum Gasteiger partial charge on any atom is -0.354 e. The van der Waals surface area contributed by atoms with Gasteiger partial charge >= 0.3 is 0 Å². The number of hydrogen-bond donors (Lipinski definition) is 1. The monoisotopic (exact) mass is 398 g/mol. The third-order valence-electron chi connectivity index (χ3n) is 6.20. The second kappa shape index (κ2) is 9.14. The van der Waals surface area contributed by atoms with Crippen LogP contribution in [0.5, 0.6) is 0 Å². The van der Waals surface area contributed by atoms with Crippen molar-refractivity contribution >= 4 is 17.2 Å². The molecular formula is C22H30N4OS. The summed E-state index contributed by atoms with van der Waals surface area (Å²) in [5.74, 6) is 0.0832. The van der Waals surface area contributed by atoms with E-state index < -0.39 is 0 Å². The highest BCUT2D eigenvalue weighted by Crippen LogP contribution is 2.35. The summed E-state index contributed by atoms with van der Waals surface area (Å²) in [6.45, 7) is 3.16. The standard InChI is InChI=1S/C22H30N4OS/c27-20(15-18-16-28-21(25-18)19-9-3-6-12-23-19)24-17-22(10-4-1-5-11-22)26-13-7-2-8-14-26/h3,6,9,12,16H,1-2,4-5,7-8,10-11,13-15,17H2,(H,24,27). The van der Waals surface area contributed by atoms with Gasteiger partial charge in [0.15, 0.2) is 0 Å². The summed E-state index contributed by atoms with van der Waals surface area (Å²) in [5.41, 5.74) is 1.87. The second-order valence-electron chi connectivity index (χ2n) is 8.15. The molecule has 2 aliphatic rings. The number of hydrogen-bond acceptors (Lipinski definition) is 5. The second-order valence-corrected chi connectivity index (χ2v) is 9.00. The molecule has 2 aromatic heterocycles. The number of thiazole rings is 1. The Morgan fingerprint density at radius 1 is 1.11 bits per heavy atom. The molecule has 0 radical (unpaired) electrons. The molecule has 2 fully saturated rings. The molecule has 1 aliphatic heterocycles. The van der Waals surface area contributed by atoms with Crippen molar-refractivity contribution < 1.29 is 4.79 Å². The van der Waals surface area contributed by atoms with Crippen LogP contribution in [0, 0.1) is 0 Å². The van der Waals surface area contributed by atoms with E-state index in [1.54, 1.807) is 17.5 Å². The summed E-state index contributed by atoms with van der Waals surface area (Å²) >= 11 is 1.55. The Morgan fingerprint density at radius 3 is 2.64 bits per heavy atom. The molecule has 5 nitrogen and oxygen atoms in total. The molecule has 28 heavy (non-hydrogen) atoms. The Balaban J connectivity index is 1.35. The zero-order valence-corrected chi connectivity index (χ0v) is 17.3. The molecule has 4 rings (SSSR count). The molecule has 0 spiro atoms. The lowest BCUT2D eigenvalue weighted by atomic mass is 9.79. The minimum absolute atomic E-state index is 0.0832. The van der Waals surface area contributed by atoms with Crippen molar-refractivity contribution in [1.82, 2.24) is 20.2 Å². The molecule has 150 valence electrons. The van der Waals surface area contributed by atoms with Gasteiger partial charge in [-0.2, -0.15) is 0 Å². The molecule has 0 atom stereocenters. The molecule has 1 saturated heterocycles. The van der Waals surface area contributed by atoms with E-state index in [4.69, 9.17) is 0 Å². The van der Waals surface area contributed by atoms with Crippen LogP contribution in [-0.2, 0) is 11.2 Å². The predicted octanol–water partition coefficient (Wildman–Crippen LogP) is 4.05. The van der Waals surface area contributed by atoms with Crippen molar-refractivity contribution in [1.29, 1.82) is 0 Å². The van der Waals surface area contributed by atoms with Gasteiger partial charge in [-0.25, -0.2) is 4.98 Å². The first-order chi connectivity index (χ1) is 13.8. The summed E-state index contributed by atoms with van der Waals surface area (Å²) < 4.78 is 0. The number of rotatable bonds is 6. The fourth-order valence-corrected chi connectivity index (χ4v) is 5.46. The molecule has 6 heteroatoms. The Labute approximate surface area is 171 Å². The Kier molecular flexibility index (Phi) is 6.37. The van der Waals surface area contributed by atoms with Crippen LogP contribution in [0.2, 0.25) is 0 Å². The van der Waals surface area contributed by atoms with E-state index in [1.165, 1.54) is 64.5 Å². The minimum atomic E-state index is 0.0832. The van der Waals surface area contributed by atoms with E-state index in [1.807, 2.05) is 23.6 Å². The zero-order chi connectivity index (χ0) is 19.2. The summed E-state index contributed by atoms with van der Waals surface area (Å²) in [4.78, 5) is 24.3. The lowest BCUT2D eigenvalue weighted by Gasteiger charge is -2.48. The molecule has 1 N–H and O–H groups in total. The van der Waals surface area contributed by atoms with Crippen LogP contribution < -0.4 is 5.32 Å². The highest BCUT2D eigenvalue weighted by Gasteiger charge is 2.38. The van der Waals surface area contributed by atoms with Gasteiger partial charge in [-0.3, -0.25) is 14.7 Å². The van der Waals surface area contributed by atoms with E-state index in [0.717, 1.165) is 22.9 Å². The number of carbonyl (C=O) groups excluding carboxylic acids is 1. The highest BCUT2D eigenvalue weighted by atomic mass is 32.1. The maximum absolute atomic E-state index is 12.6. The largest absolute Gasteiger partial charge is 0.354 e. The molecule has 1 aliphatic carbocycles. The number of piperidine rings is 1. The lowest BCUT2D eigenvalue weighted by Crippen LogP contribution is -2.58. The quantitative estimate of drug-likeness (QED) is 0.797. The van der Waals surface area contributed by atoms with Crippen LogP contribution in [0.25, 0.3) is 10.7 Å². The first kappa shape index (κ1) is 19.5. The molecule has 3 heterocycles. The van der Waals surface area contributed by atoms with Gasteiger partial charge in [-0.1, -0.05) is 31.7 Å². The molecule has 0 unspecified atom stereocenters. The number of nitrogens with zero attached hydrogens (tertiary/aromatic N) is 3. The summed E-state index contributed by atoms with van der Waals surface area (Å²) in [6.07, 6.45) is 12.4. The van der Waals surface area contributed by atoms with Gasteiger partial charge in [-0.05, 0) is 50.9 Å². The van der Waals surface area contributed by atoms with Crippen molar-refractivity contribution in [3.8, 4) is 10.7 Å². The molecule has 0 bridgehead atoms. The third kappa shape index (κ3) is 4.61. The maximum Gasteiger partial charge on any atom is 0.226 e. The van der Waals surface area contributed by atoms with Crippen molar-refractivity contribution in [3.63, 3.8) is 0 Å². The number of aromatic nitrogens is 2. The number of carbonyl (C=O) groups is 1. The van der Waals surface area contributed by atoms with Crippen LogP contribution in [0.3, 0.4) is 0 Å². The molecule has 1 amide bonds. The molecule has 0 aromatic carbocycles. The van der Waals surface area contributed by atoms with Crippen LogP contribution in [0.4, 0.5) is 0 Å². The smallest absolute Gasteiger partial charge is 0.226 e. The van der Waals surface area contributed by atoms with Crippen LogP contribution >= 0.6 is 11.3 Å². The van der Waals surface area contributed by atoms with Crippen LogP contribution in [-0.4, -0.2) is 45.9 Å². The zero-order valence-electron chi connectivity index (χ0n) is 16.5. The highest BCUT2D eigenvalue weighted by molar-refractivity contribution is 7.13. The van der Waals surface area contributed by atoms with Crippen molar-refractivity contribution in [3.05, 3.63) is 35.5 Å². The summed E-state index contributed by atoms with van der Waals surface area (Å²) in [7, 11) is 0. The van der Waals surface area contributed by atoms with E-state index >= 15 is 0 Å². The summed E-state index contributed by atoms with van der Waals surface area (Å²) in [5, 5.41) is 6.11. The fraction of sp³-hybridized carbons (Fsp3) is 0.591. The predicted molar refractivity (Wildman–Crippen MR) is 113 cm³/mol. The average molecular weight is 399 g/mol. The van der Waals surface area contributed by atoms with Gasteiger partial charge < -0.3 is 5.32 Å². The number of amides is 1. The molecule has 1 saturated carbocycles. The average Bonchev–Trinajstić information content (AvgIpc) is 3.23. The first-order valence-corrected chi connectivity index (χ1v) is 11.5. The Morgan fingerprint density at radius 2 is 1.89 bits per heavy atom. The number of likely N-dealkylation sites (tertiary alicyclic amines) is 1. The normalized spacial score (nSPS) is 20.0. The third-order valence-corrected chi connectivity index (χ3v) is 7.12. The lowest BCUT2D eigenvalue weighted by molar-refractivity contribution is -0.121. The van der Waals surface area contributed by atoms with Crippen molar-refractivity contribution in [2.24, 2.45) is 0 Å². The Bertz CT molecular complexity index is 764. The van der Waals surface area contributed by atoms with Crippen LogP contribution in [0.1, 0.15) is 57.1 Å². The van der Waals surface area contributed by atoms with E-state index in [2.05, 4.69) is 20.2 Å². The molecular weight excluding hydrogens is 368 g/mol. The summed E-state index contributed by atoms with van der Waals surface area (Å²) in [6, 6.07) is 5.81. The fourth-order valence-electron chi connectivity index (χ4n) is 4.67. The van der Waals surface area contributed by atoms with Gasteiger partial charge in [0.1, 0.15) is 5.01 Å². The van der Waals surface area contributed by atoms with Crippen molar-refractivity contribution in [2.75, 3.05) is 19.6 Å². The number of pyridine rings is 1. The van der Waals surface area contributed by atoms with E-state index in [-0.39, 0.29) is 11.4 Å². The van der Waals surface area contributed by atoms with Crippen molar-refractivity contribution in [2.45, 2.75) is 63.3 Å². The van der Waals surface area contributed by atoms with E-state index in [0.29, 0.717) is 6.42 Å². The van der Waals surface area contributed by atoms with Gasteiger partial charge in [-0.15, -0.1) is 11.3 Å². The first-order valence-electron chi connectivity index (χ1n) is 10.6. The van der Waals surface area contributed by atoms with E-state index in [9.17, 15) is 4.79 Å².